The van der Waals surface area contributed by atoms with Gasteiger partial charge in [-0.15, -0.1) is 5.10 Å². The molecule has 1 heterocycles. The van der Waals surface area contributed by atoms with Crippen LogP contribution in [0.2, 0.25) is 0 Å². The molecule has 0 aliphatic heterocycles. The summed E-state index contributed by atoms with van der Waals surface area (Å²) in [6.45, 7) is 1.81. The molecule has 26 heavy (non-hydrogen) atoms. The zero-order valence-electron chi connectivity index (χ0n) is 13.1. The number of non-ortho nitro benzene ring substituents is 1. The summed E-state index contributed by atoms with van der Waals surface area (Å²) in [5.74, 6) is -1.79. The molecule has 12 nitrogen and oxygen atoms in total. The third kappa shape index (κ3) is 4.13. The first-order valence-corrected chi connectivity index (χ1v) is 7.74. The molecule has 0 saturated carbocycles. The lowest BCUT2D eigenvalue weighted by Gasteiger charge is -2.03. The van der Waals surface area contributed by atoms with E-state index in [-0.39, 0.29) is 10.7 Å². The number of carbonyl (C=O) groups is 1. The number of aromatic amines is 1. The van der Waals surface area contributed by atoms with Crippen molar-refractivity contribution < 1.29 is 24.9 Å². The number of aromatic nitrogens is 3. The summed E-state index contributed by atoms with van der Waals surface area (Å²) in [7, 11) is 0. The van der Waals surface area contributed by atoms with Crippen LogP contribution in [0.25, 0.3) is 6.08 Å². The fourth-order valence-corrected chi connectivity index (χ4v) is 2.55. The highest BCUT2D eigenvalue weighted by molar-refractivity contribution is 8.04. The fourth-order valence-electron chi connectivity index (χ4n) is 1.84. The molecule has 0 spiro atoms. The molecule has 13 heteroatoms. The van der Waals surface area contributed by atoms with Crippen molar-refractivity contribution in [2.24, 2.45) is 0 Å². The van der Waals surface area contributed by atoms with Crippen molar-refractivity contribution in [3.63, 3.8) is 0 Å². The zero-order chi connectivity index (χ0) is 19.4. The monoisotopic (exact) mass is 381 g/mol. The Hall–Kier alpha value is -3.48. The highest BCUT2D eigenvalue weighted by Crippen LogP contribution is 2.37. The molecule has 2 rings (SSSR count). The number of phenolic OH excluding ortho intramolecular Hbond substituents is 1. The van der Waals surface area contributed by atoms with E-state index in [0.717, 1.165) is 12.1 Å². The van der Waals surface area contributed by atoms with Crippen LogP contribution in [0, 0.1) is 20.2 Å². The molecule has 136 valence electrons. The Morgan fingerprint density at radius 3 is 2.54 bits per heavy atom. The van der Waals surface area contributed by atoms with E-state index in [1.807, 2.05) is 6.92 Å². The third-order valence-corrected chi connectivity index (χ3v) is 3.93. The maximum atomic E-state index is 11.4. The molecular weight excluding hydrogens is 370 g/mol. The largest absolute Gasteiger partial charge is 0.502 e. The number of aliphatic carboxylic acids is 1. The van der Waals surface area contributed by atoms with Gasteiger partial charge in [0.15, 0.2) is 0 Å². The predicted octanol–water partition coefficient (Wildman–Crippen LogP) is 2.11. The van der Waals surface area contributed by atoms with Crippen molar-refractivity contribution in [2.75, 3.05) is 0 Å². The number of nitrogens with zero attached hydrogens (tertiary/aromatic N) is 4. The average molecular weight is 381 g/mol. The van der Waals surface area contributed by atoms with Gasteiger partial charge in [0, 0.05) is 18.1 Å². The molecule has 0 amide bonds. The van der Waals surface area contributed by atoms with Gasteiger partial charge >= 0.3 is 11.7 Å². The Balaban J connectivity index is 2.53. The van der Waals surface area contributed by atoms with Crippen LogP contribution in [-0.2, 0) is 11.2 Å². The second-order valence-corrected chi connectivity index (χ2v) is 5.76. The van der Waals surface area contributed by atoms with Gasteiger partial charge in [0.05, 0.1) is 15.9 Å². The number of aromatic hydroxyl groups is 1. The molecule has 0 atom stereocenters. The summed E-state index contributed by atoms with van der Waals surface area (Å²) in [4.78, 5) is 35.0. The van der Waals surface area contributed by atoms with E-state index < -0.39 is 37.8 Å². The van der Waals surface area contributed by atoms with Crippen molar-refractivity contribution >= 4 is 35.2 Å². The van der Waals surface area contributed by atoms with Crippen LogP contribution in [-0.4, -0.2) is 41.2 Å². The van der Waals surface area contributed by atoms with E-state index in [1.165, 1.54) is 0 Å². The normalized spacial score (nSPS) is 11.3. The molecule has 0 fully saturated rings. The molecule has 0 saturated heterocycles. The number of hydrogen-bond donors (Lipinski definition) is 3. The number of nitro benzene ring substituents is 2. The van der Waals surface area contributed by atoms with Crippen LogP contribution in [0.3, 0.4) is 0 Å². The van der Waals surface area contributed by atoms with Crippen LogP contribution in [0.5, 0.6) is 5.75 Å². The topological polar surface area (TPSA) is 185 Å². The maximum absolute atomic E-state index is 11.4. The van der Waals surface area contributed by atoms with Crippen molar-refractivity contribution in [1.29, 1.82) is 0 Å². The Bertz CT molecular complexity index is 924. The van der Waals surface area contributed by atoms with Gasteiger partial charge in [-0.1, -0.05) is 6.92 Å². The van der Waals surface area contributed by atoms with E-state index >= 15 is 0 Å². The van der Waals surface area contributed by atoms with Crippen molar-refractivity contribution in [2.45, 2.75) is 18.5 Å². The lowest BCUT2D eigenvalue weighted by Crippen LogP contribution is -1.99. The summed E-state index contributed by atoms with van der Waals surface area (Å²) in [5, 5.41) is 47.6. The summed E-state index contributed by atoms with van der Waals surface area (Å²) < 4.78 is 0. The zero-order valence-corrected chi connectivity index (χ0v) is 13.9. The van der Waals surface area contributed by atoms with E-state index in [4.69, 9.17) is 0 Å². The number of benzene rings is 1. The molecule has 2 aromatic rings. The van der Waals surface area contributed by atoms with Crippen LogP contribution >= 0.6 is 11.8 Å². The van der Waals surface area contributed by atoms with Crippen molar-refractivity contribution in [1.82, 2.24) is 15.2 Å². The van der Waals surface area contributed by atoms with Gasteiger partial charge in [-0.2, -0.15) is 0 Å². The molecule has 1 aromatic carbocycles. The molecule has 0 aliphatic rings. The number of aryl methyl sites for hydroxylation is 1. The molecule has 0 unspecified atom stereocenters. The first-order chi connectivity index (χ1) is 12.2. The average Bonchev–Trinajstić information content (AvgIpc) is 3.02. The quantitative estimate of drug-likeness (QED) is 0.277. The molecule has 0 bridgehead atoms. The van der Waals surface area contributed by atoms with E-state index in [2.05, 4.69) is 15.2 Å². The number of carboxylic acids is 1. The number of rotatable bonds is 7. The minimum atomic E-state index is -1.42. The molecule has 0 aliphatic carbocycles. The summed E-state index contributed by atoms with van der Waals surface area (Å²) in [6.07, 6.45) is 1.42. The SMILES string of the molecule is CCc1nc(S/C(=C\c2cc([N+](=O)[O-])cc([N+](=O)[O-])c2O)C(=O)O)n[nH]1. The number of nitrogens with one attached hydrogen (secondary N) is 1. The van der Waals surface area contributed by atoms with Gasteiger partial charge in [-0.25, -0.2) is 9.78 Å². The van der Waals surface area contributed by atoms with Crippen LogP contribution in [0.1, 0.15) is 18.3 Å². The maximum Gasteiger partial charge on any atom is 0.342 e. The summed E-state index contributed by atoms with van der Waals surface area (Å²) in [5.41, 5.74) is -1.96. The standard InChI is InChI=1S/C13H11N5O7S/c1-2-10-14-13(16-15-10)26-9(12(20)21)4-6-3-7(17(22)23)5-8(11(6)19)18(24)25/h3-5,19H,2H2,1H3,(H,20,21)(H,14,15,16)/b9-4-. The second kappa shape index (κ2) is 7.60. The lowest BCUT2D eigenvalue weighted by molar-refractivity contribution is -0.394. The van der Waals surface area contributed by atoms with Gasteiger partial charge < -0.3 is 10.2 Å². The first kappa shape index (κ1) is 18.9. The molecule has 3 N–H and O–H groups in total. The summed E-state index contributed by atoms with van der Waals surface area (Å²) in [6, 6.07) is 1.42. The van der Waals surface area contributed by atoms with Crippen LogP contribution in [0.15, 0.2) is 22.2 Å². The lowest BCUT2D eigenvalue weighted by atomic mass is 10.1. The second-order valence-electron chi connectivity index (χ2n) is 4.75. The van der Waals surface area contributed by atoms with Gasteiger partial charge in [0.1, 0.15) is 10.7 Å². The smallest absolute Gasteiger partial charge is 0.342 e. The van der Waals surface area contributed by atoms with Gasteiger partial charge in [-0.3, -0.25) is 25.3 Å². The van der Waals surface area contributed by atoms with Gasteiger partial charge in [-0.05, 0) is 17.8 Å². The van der Waals surface area contributed by atoms with E-state index in [1.54, 1.807) is 0 Å². The Kier molecular flexibility index (Phi) is 5.51. The number of phenols is 1. The predicted molar refractivity (Wildman–Crippen MR) is 88.6 cm³/mol. The molecule has 1 aromatic heterocycles. The first-order valence-electron chi connectivity index (χ1n) is 6.92. The van der Waals surface area contributed by atoms with E-state index in [9.17, 15) is 35.2 Å². The molecular formula is C13H11N5O7S. The Morgan fingerprint density at radius 2 is 2.04 bits per heavy atom. The van der Waals surface area contributed by atoms with Crippen LogP contribution in [0.4, 0.5) is 11.4 Å². The van der Waals surface area contributed by atoms with Crippen LogP contribution < -0.4 is 0 Å². The number of thioether (sulfide) groups is 1. The van der Waals surface area contributed by atoms with Gasteiger partial charge in [0.2, 0.25) is 10.9 Å². The highest BCUT2D eigenvalue weighted by atomic mass is 32.2. The van der Waals surface area contributed by atoms with Gasteiger partial charge in [0.25, 0.3) is 5.69 Å². The highest BCUT2D eigenvalue weighted by Gasteiger charge is 2.24. The number of nitro groups is 2. The van der Waals surface area contributed by atoms with E-state index in [0.29, 0.717) is 30.1 Å². The Morgan fingerprint density at radius 1 is 1.35 bits per heavy atom. The number of hydrogen-bond acceptors (Lipinski definition) is 9. The molecule has 0 radical (unpaired) electrons. The number of carboxylic acid groups (broad SMARTS) is 1. The minimum absolute atomic E-state index is 0.0786. The number of H-pyrrole nitrogens is 1. The summed E-state index contributed by atoms with van der Waals surface area (Å²) >= 11 is 0.622. The van der Waals surface area contributed by atoms with Crippen molar-refractivity contribution in [3.05, 3.63) is 48.7 Å². The fraction of sp³-hybridized carbons (Fsp3) is 0.154. The Labute approximate surface area is 148 Å². The minimum Gasteiger partial charge on any atom is -0.502 e. The third-order valence-electron chi connectivity index (χ3n) is 3.06. The van der Waals surface area contributed by atoms with Crippen molar-refractivity contribution in [3.8, 4) is 5.75 Å².